The number of carbonyl (C=O) groups excluding carboxylic acids is 1. The molecule has 0 unspecified atom stereocenters. The van der Waals surface area contributed by atoms with Gasteiger partial charge in [-0.1, -0.05) is 6.07 Å². The first-order valence-electron chi connectivity index (χ1n) is 9.71. The number of benzene rings is 1. The Kier molecular flexibility index (Phi) is 5.33. The highest BCUT2D eigenvalue weighted by atomic mass is 32.2. The van der Waals surface area contributed by atoms with Gasteiger partial charge in [0.25, 0.3) is 5.91 Å². The molecule has 0 radical (unpaired) electrons. The normalized spacial score (nSPS) is 20.0. The van der Waals surface area contributed by atoms with Crippen LogP contribution in [0.3, 0.4) is 0 Å². The van der Waals surface area contributed by atoms with E-state index in [1.165, 1.54) is 0 Å². The van der Waals surface area contributed by atoms with Gasteiger partial charge >= 0.3 is 10.2 Å². The number of amides is 1. The zero-order chi connectivity index (χ0) is 21.3. The molecule has 3 heterocycles. The number of hydrogen-bond acceptors (Lipinski definition) is 6. The van der Waals surface area contributed by atoms with Gasteiger partial charge in [0.05, 0.1) is 17.3 Å². The smallest absolute Gasteiger partial charge is 0.344 e. The first-order chi connectivity index (χ1) is 14.4. The molecule has 30 heavy (non-hydrogen) atoms. The van der Waals surface area contributed by atoms with Crippen LogP contribution in [0.15, 0.2) is 41.1 Å². The fourth-order valence-electron chi connectivity index (χ4n) is 3.83. The summed E-state index contributed by atoms with van der Waals surface area (Å²) in [4.78, 5) is 19.0. The third kappa shape index (κ3) is 3.95. The van der Waals surface area contributed by atoms with E-state index in [1.54, 1.807) is 36.7 Å². The fourth-order valence-corrected chi connectivity index (χ4v) is 4.68. The molecule has 2 aromatic rings. The van der Waals surface area contributed by atoms with Crippen molar-refractivity contribution in [3.63, 3.8) is 0 Å². The molecule has 10 heteroatoms. The summed E-state index contributed by atoms with van der Waals surface area (Å²) in [6.07, 6.45) is 6.07. The molecule has 2 aliphatic rings. The molecular formula is C20H23N5O4S. The van der Waals surface area contributed by atoms with E-state index in [0.717, 1.165) is 24.8 Å². The molecule has 2 aliphatic heterocycles. The van der Waals surface area contributed by atoms with Crippen LogP contribution in [-0.2, 0) is 10.2 Å². The van der Waals surface area contributed by atoms with E-state index in [2.05, 4.69) is 14.1 Å². The molecular weight excluding hydrogens is 406 g/mol. The van der Waals surface area contributed by atoms with Crippen LogP contribution in [0.25, 0.3) is 0 Å². The number of ether oxygens (including phenoxy) is 1. The second kappa shape index (κ2) is 7.94. The number of anilines is 1. The van der Waals surface area contributed by atoms with Gasteiger partial charge in [0.1, 0.15) is 12.4 Å². The molecule has 0 spiro atoms. The summed E-state index contributed by atoms with van der Waals surface area (Å²) in [5.41, 5.74) is 8.08. The van der Waals surface area contributed by atoms with Crippen molar-refractivity contribution >= 4 is 27.6 Å². The maximum Gasteiger partial charge on any atom is 0.344 e. The minimum Gasteiger partial charge on any atom is -0.491 e. The van der Waals surface area contributed by atoms with E-state index in [0.29, 0.717) is 29.1 Å². The van der Waals surface area contributed by atoms with Gasteiger partial charge in [-0.25, -0.2) is 0 Å². The molecule has 0 aliphatic carbocycles. The Morgan fingerprint density at radius 2 is 2.17 bits per heavy atom. The average molecular weight is 430 g/mol. The number of likely N-dealkylation sites (tertiary alicyclic amines) is 1. The Balaban J connectivity index is 1.55. The third-order valence-corrected chi connectivity index (χ3v) is 6.22. The standard InChI is InChI=1S/C20H23N5O4S/c1-13-11-22-9-8-15(13)20(26)25-10-3-2-5-14(25)12-29-17-7-4-6-16-18(17)19(21)24-30(27,28)23-16/h4,6-9,11,14,23H,2-3,5,10,12H2,1H3,(H2,21,24)/t14-/m1/s1. The molecule has 1 fully saturated rings. The number of rotatable bonds is 4. The first kappa shape index (κ1) is 20.1. The van der Waals surface area contributed by atoms with Crippen molar-refractivity contribution < 1.29 is 17.9 Å². The maximum absolute atomic E-state index is 13.1. The number of piperidine rings is 1. The minimum atomic E-state index is -3.85. The summed E-state index contributed by atoms with van der Waals surface area (Å²) in [7, 11) is -3.85. The predicted octanol–water partition coefficient (Wildman–Crippen LogP) is 1.84. The molecule has 3 N–H and O–H groups in total. The molecule has 1 atom stereocenters. The van der Waals surface area contributed by atoms with Crippen LogP contribution in [0.4, 0.5) is 5.69 Å². The molecule has 0 saturated carbocycles. The molecule has 1 aromatic carbocycles. The number of nitrogens with zero attached hydrogens (tertiary/aromatic N) is 3. The number of nitrogens with one attached hydrogen (secondary N) is 1. The van der Waals surface area contributed by atoms with E-state index < -0.39 is 10.2 Å². The summed E-state index contributed by atoms with van der Waals surface area (Å²) in [6, 6.07) is 6.63. The van der Waals surface area contributed by atoms with Crippen LogP contribution in [0.5, 0.6) is 5.75 Å². The molecule has 9 nitrogen and oxygen atoms in total. The van der Waals surface area contributed by atoms with E-state index >= 15 is 0 Å². The van der Waals surface area contributed by atoms with E-state index in [1.807, 2.05) is 11.8 Å². The van der Waals surface area contributed by atoms with Crippen LogP contribution in [0.2, 0.25) is 0 Å². The van der Waals surface area contributed by atoms with E-state index in [9.17, 15) is 13.2 Å². The summed E-state index contributed by atoms with van der Waals surface area (Å²) >= 11 is 0. The predicted molar refractivity (Wildman–Crippen MR) is 113 cm³/mol. The number of pyridine rings is 1. The van der Waals surface area contributed by atoms with Crippen molar-refractivity contribution in [2.45, 2.75) is 32.2 Å². The van der Waals surface area contributed by atoms with Gasteiger partial charge in [-0.3, -0.25) is 14.5 Å². The lowest BCUT2D eigenvalue weighted by Crippen LogP contribution is -2.47. The van der Waals surface area contributed by atoms with E-state index in [4.69, 9.17) is 10.5 Å². The topological polar surface area (TPSA) is 127 Å². The Labute approximate surface area is 175 Å². The van der Waals surface area contributed by atoms with Crippen molar-refractivity contribution in [2.24, 2.45) is 10.1 Å². The van der Waals surface area contributed by atoms with Gasteiger partial charge in [-0.05, 0) is 49.9 Å². The second-order valence-electron chi connectivity index (χ2n) is 7.38. The lowest BCUT2D eigenvalue weighted by atomic mass is 10.0. The van der Waals surface area contributed by atoms with Crippen molar-refractivity contribution in [2.75, 3.05) is 17.9 Å². The molecule has 1 amide bonds. The number of fused-ring (bicyclic) bond motifs is 1. The van der Waals surface area contributed by atoms with E-state index in [-0.39, 0.29) is 24.4 Å². The zero-order valence-electron chi connectivity index (χ0n) is 16.5. The molecule has 1 saturated heterocycles. The van der Waals surface area contributed by atoms with Crippen molar-refractivity contribution in [1.82, 2.24) is 9.88 Å². The summed E-state index contributed by atoms with van der Waals surface area (Å²) in [6.45, 7) is 2.80. The first-order valence-corrected chi connectivity index (χ1v) is 11.2. The minimum absolute atomic E-state index is 0.0351. The Hall–Kier alpha value is -3.14. The molecule has 0 bridgehead atoms. The Morgan fingerprint density at radius 3 is 2.97 bits per heavy atom. The average Bonchev–Trinajstić information content (AvgIpc) is 2.71. The van der Waals surface area contributed by atoms with Gasteiger partial charge in [0.15, 0.2) is 5.84 Å². The van der Waals surface area contributed by atoms with Crippen LogP contribution < -0.4 is 15.2 Å². The summed E-state index contributed by atoms with van der Waals surface area (Å²) < 4.78 is 35.4. The number of nitrogens with two attached hydrogens (primary N) is 1. The second-order valence-corrected chi connectivity index (χ2v) is 8.72. The zero-order valence-corrected chi connectivity index (χ0v) is 17.4. The SMILES string of the molecule is Cc1cnccc1C(=O)N1CCCC[C@@H]1COc1cccc2c1C(N)=NS(=O)(=O)N2. The number of hydrogen-bond donors (Lipinski definition) is 2. The number of carbonyl (C=O) groups is 1. The largest absolute Gasteiger partial charge is 0.491 e. The number of aryl methyl sites for hydroxylation is 1. The van der Waals surface area contributed by atoms with Crippen molar-refractivity contribution in [1.29, 1.82) is 0 Å². The fraction of sp³-hybridized carbons (Fsp3) is 0.350. The molecule has 4 rings (SSSR count). The maximum atomic E-state index is 13.1. The van der Waals surface area contributed by atoms with Crippen LogP contribution in [0.1, 0.15) is 40.7 Å². The van der Waals surface area contributed by atoms with Crippen molar-refractivity contribution in [3.05, 3.63) is 53.3 Å². The van der Waals surface area contributed by atoms with Crippen LogP contribution in [-0.4, -0.2) is 49.2 Å². The lowest BCUT2D eigenvalue weighted by molar-refractivity contribution is 0.0527. The summed E-state index contributed by atoms with van der Waals surface area (Å²) in [5, 5.41) is 0. The monoisotopic (exact) mass is 429 g/mol. The van der Waals surface area contributed by atoms with Gasteiger partial charge in [-0.2, -0.15) is 8.42 Å². The Bertz CT molecular complexity index is 1120. The lowest BCUT2D eigenvalue weighted by Gasteiger charge is -2.36. The number of aromatic nitrogens is 1. The quantitative estimate of drug-likeness (QED) is 0.763. The Morgan fingerprint density at radius 1 is 1.33 bits per heavy atom. The van der Waals surface area contributed by atoms with Crippen LogP contribution in [0, 0.1) is 6.92 Å². The van der Waals surface area contributed by atoms with Crippen molar-refractivity contribution in [3.8, 4) is 5.75 Å². The van der Waals surface area contributed by atoms with Gasteiger partial charge in [-0.15, -0.1) is 4.40 Å². The van der Waals surface area contributed by atoms with Gasteiger partial charge < -0.3 is 15.4 Å². The number of amidine groups is 1. The highest BCUT2D eigenvalue weighted by Crippen LogP contribution is 2.31. The summed E-state index contributed by atoms with van der Waals surface area (Å²) in [5.74, 6) is 0.268. The highest BCUT2D eigenvalue weighted by Gasteiger charge is 2.30. The van der Waals surface area contributed by atoms with Gasteiger partial charge in [0.2, 0.25) is 0 Å². The van der Waals surface area contributed by atoms with Gasteiger partial charge in [0, 0.05) is 24.5 Å². The highest BCUT2D eigenvalue weighted by molar-refractivity contribution is 7.91. The third-order valence-electron chi connectivity index (χ3n) is 5.31. The van der Waals surface area contributed by atoms with Crippen LogP contribution >= 0.6 is 0 Å². The molecule has 1 aromatic heterocycles. The molecule has 158 valence electrons.